The molecule has 1 aliphatic heterocycles. The van der Waals surface area contributed by atoms with E-state index in [9.17, 15) is 8.42 Å². The predicted octanol–water partition coefficient (Wildman–Crippen LogP) is 0.975. The van der Waals surface area contributed by atoms with Crippen LogP contribution in [0.3, 0.4) is 0 Å². The van der Waals surface area contributed by atoms with Gasteiger partial charge in [-0.15, -0.1) is 0 Å². The van der Waals surface area contributed by atoms with Crippen LogP contribution in [0, 0.1) is 0 Å². The first-order valence-corrected chi connectivity index (χ1v) is 9.03. The molecule has 0 bridgehead atoms. The van der Waals surface area contributed by atoms with Crippen LogP contribution in [-0.2, 0) is 34.3 Å². The van der Waals surface area contributed by atoms with Gasteiger partial charge in [0.05, 0.1) is 17.5 Å². The Balaban J connectivity index is 1.49. The SMILES string of the molecule is CS(=O)(=O)c1ccc(CNC[C@H]2Cn3ccnc3CO2)cc1. The molecule has 0 amide bonds. The molecule has 0 saturated heterocycles. The quantitative estimate of drug-likeness (QED) is 0.888. The molecule has 3 rings (SSSR count). The van der Waals surface area contributed by atoms with Gasteiger partial charge in [0.25, 0.3) is 0 Å². The third-order valence-corrected chi connectivity index (χ3v) is 4.83. The third kappa shape index (κ3) is 3.55. The van der Waals surface area contributed by atoms with Crippen LogP contribution in [0.4, 0.5) is 0 Å². The topological polar surface area (TPSA) is 73.2 Å². The molecule has 22 heavy (non-hydrogen) atoms. The van der Waals surface area contributed by atoms with Crippen LogP contribution in [0.25, 0.3) is 0 Å². The van der Waals surface area contributed by atoms with Crippen molar-refractivity contribution < 1.29 is 13.2 Å². The van der Waals surface area contributed by atoms with Gasteiger partial charge in [0.2, 0.25) is 0 Å². The number of hydrogen-bond donors (Lipinski definition) is 1. The number of imidazole rings is 1. The summed E-state index contributed by atoms with van der Waals surface area (Å²) in [5, 5.41) is 3.34. The van der Waals surface area contributed by atoms with Gasteiger partial charge in [0.1, 0.15) is 12.4 Å². The monoisotopic (exact) mass is 321 g/mol. The van der Waals surface area contributed by atoms with E-state index < -0.39 is 9.84 Å². The van der Waals surface area contributed by atoms with Crippen LogP contribution < -0.4 is 5.32 Å². The van der Waals surface area contributed by atoms with E-state index in [1.807, 2.05) is 18.3 Å². The normalized spacial score (nSPS) is 18.1. The summed E-state index contributed by atoms with van der Waals surface area (Å²) in [6, 6.07) is 6.95. The molecule has 2 aromatic rings. The van der Waals surface area contributed by atoms with Crippen molar-refractivity contribution in [1.29, 1.82) is 0 Å². The van der Waals surface area contributed by atoms with E-state index in [1.54, 1.807) is 18.3 Å². The van der Waals surface area contributed by atoms with E-state index in [1.165, 1.54) is 6.26 Å². The molecule has 7 heteroatoms. The van der Waals surface area contributed by atoms with E-state index >= 15 is 0 Å². The molecular weight excluding hydrogens is 302 g/mol. The Morgan fingerprint density at radius 1 is 1.36 bits per heavy atom. The van der Waals surface area contributed by atoms with Crippen molar-refractivity contribution in [1.82, 2.24) is 14.9 Å². The zero-order valence-electron chi connectivity index (χ0n) is 12.4. The number of sulfone groups is 1. The number of fused-ring (bicyclic) bond motifs is 1. The Bertz CT molecular complexity index is 738. The van der Waals surface area contributed by atoms with Crippen LogP contribution in [0.15, 0.2) is 41.6 Å². The average Bonchev–Trinajstić information content (AvgIpc) is 2.94. The first kappa shape index (κ1) is 15.2. The summed E-state index contributed by atoms with van der Waals surface area (Å²) < 4.78 is 30.7. The summed E-state index contributed by atoms with van der Waals surface area (Å²) >= 11 is 0. The standard InChI is InChI=1S/C15H19N3O3S/c1-22(19,20)14-4-2-12(3-5-14)8-16-9-13-10-18-7-6-17-15(18)11-21-13/h2-7,13,16H,8-11H2,1H3/t13-/m0/s1. The number of benzene rings is 1. The lowest BCUT2D eigenvalue weighted by Gasteiger charge is -2.24. The molecule has 6 nitrogen and oxygen atoms in total. The Morgan fingerprint density at radius 2 is 2.14 bits per heavy atom. The van der Waals surface area contributed by atoms with Crippen LogP contribution in [0.2, 0.25) is 0 Å². The Hall–Kier alpha value is -1.70. The zero-order chi connectivity index (χ0) is 15.6. The second-order valence-electron chi connectivity index (χ2n) is 5.48. The van der Waals surface area contributed by atoms with E-state index in [-0.39, 0.29) is 6.10 Å². The largest absolute Gasteiger partial charge is 0.367 e. The van der Waals surface area contributed by atoms with Gasteiger partial charge in [0, 0.05) is 31.7 Å². The summed E-state index contributed by atoms with van der Waals surface area (Å²) in [4.78, 5) is 4.56. The third-order valence-electron chi connectivity index (χ3n) is 3.70. The highest BCUT2D eigenvalue weighted by Crippen LogP contribution is 2.12. The number of nitrogens with zero attached hydrogens (tertiary/aromatic N) is 2. The molecule has 1 N–H and O–H groups in total. The highest BCUT2D eigenvalue weighted by molar-refractivity contribution is 7.90. The van der Waals surface area contributed by atoms with E-state index in [4.69, 9.17) is 4.74 Å². The molecule has 0 spiro atoms. The van der Waals surface area contributed by atoms with Gasteiger partial charge in [-0.05, 0) is 17.7 Å². The number of aromatic nitrogens is 2. The Morgan fingerprint density at radius 3 is 2.86 bits per heavy atom. The smallest absolute Gasteiger partial charge is 0.175 e. The summed E-state index contributed by atoms with van der Waals surface area (Å²) in [5.41, 5.74) is 1.05. The lowest BCUT2D eigenvalue weighted by molar-refractivity contribution is 0.00278. The van der Waals surface area contributed by atoms with E-state index in [0.29, 0.717) is 18.0 Å². The van der Waals surface area contributed by atoms with Gasteiger partial charge in [-0.3, -0.25) is 0 Å². The summed E-state index contributed by atoms with van der Waals surface area (Å²) in [6.07, 6.45) is 5.09. The molecule has 1 aromatic carbocycles. The van der Waals surface area contributed by atoms with Crippen molar-refractivity contribution in [3.63, 3.8) is 0 Å². The van der Waals surface area contributed by atoms with Crippen LogP contribution in [0.5, 0.6) is 0 Å². The highest BCUT2D eigenvalue weighted by Gasteiger charge is 2.18. The first-order valence-electron chi connectivity index (χ1n) is 7.14. The lowest BCUT2D eigenvalue weighted by atomic mass is 10.2. The maximum atomic E-state index is 11.4. The molecule has 0 radical (unpaired) electrons. The maximum Gasteiger partial charge on any atom is 0.175 e. The maximum absolute atomic E-state index is 11.4. The summed E-state index contributed by atoms with van der Waals surface area (Å²) in [5.74, 6) is 0.965. The molecule has 0 saturated carbocycles. The van der Waals surface area contributed by atoms with Crippen molar-refractivity contribution in [3.8, 4) is 0 Å². The fourth-order valence-corrected chi connectivity index (χ4v) is 3.10. The van der Waals surface area contributed by atoms with Gasteiger partial charge >= 0.3 is 0 Å². The zero-order valence-corrected chi connectivity index (χ0v) is 13.2. The average molecular weight is 321 g/mol. The second kappa shape index (κ2) is 6.20. The fraction of sp³-hybridized carbons (Fsp3) is 0.400. The minimum Gasteiger partial charge on any atom is -0.367 e. The molecule has 0 unspecified atom stereocenters. The molecule has 0 aliphatic carbocycles. The molecule has 0 fully saturated rings. The van der Waals surface area contributed by atoms with Gasteiger partial charge in [-0.25, -0.2) is 13.4 Å². The molecule has 118 valence electrons. The number of nitrogens with one attached hydrogen (secondary N) is 1. The van der Waals surface area contributed by atoms with Crippen molar-refractivity contribution in [2.75, 3.05) is 12.8 Å². The molecule has 2 heterocycles. The summed E-state index contributed by atoms with van der Waals surface area (Å²) in [6.45, 7) is 2.77. The van der Waals surface area contributed by atoms with Gasteiger partial charge in [-0.2, -0.15) is 0 Å². The summed E-state index contributed by atoms with van der Waals surface area (Å²) in [7, 11) is -3.13. The molecule has 1 aliphatic rings. The van der Waals surface area contributed by atoms with Crippen molar-refractivity contribution >= 4 is 9.84 Å². The number of rotatable bonds is 5. The minimum absolute atomic E-state index is 0.122. The number of hydrogen-bond acceptors (Lipinski definition) is 5. The van der Waals surface area contributed by atoms with Gasteiger partial charge < -0.3 is 14.6 Å². The second-order valence-corrected chi connectivity index (χ2v) is 7.49. The van der Waals surface area contributed by atoms with Crippen LogP contribution >= 0.6 is 0 Å². The molecular formula is C15H19N3O3S. The van der Waals surface area contributed by atoms with Gasteiger partial charge in [0.15, 0.2) is 9.84 Å². The molecule has 1 atom stereocenters. The van der Waals surface area contributed by atoms with Gasteiger partial charge in [-0.1, -0.05) is 12.1 Å². The van der Waals surface area contributed by atoms with Crippen LogP contribution in [-0.4, -0.2) is 36.9 Å². The van der Waals surface area contributed by atoms with Crippen molar-refractivity contribution in [2.45, 2.75) is 30.7 Å². The highest BCUT2D eigenvalue weighted by atomic mass is 32.2. The van der Waals surface area contributed by atoms with E-state index in [0.717, 1.165) is 24.5 Å². The van der Waals surface area contributed by atoms with E-state index in [2.05, 4.69) is 14.9 Å². The van der Waals surface area contributed by atoms with Crippen molar-refractivity contribution in [3.05, 3.63) is 48.0 Å². The first-order chi connectivity index (χ1) is 10.5. The lowest BCUT2D eigenvalue weighted by Crippen LogP contribution is -2.35. The van der Waals surface area contributed by atoms with Crippen LogP contribution in [0.1, 0.15) is 11.4 Å². The Labute approximate surface area is 130 Å². The van der Waals surface area contributed by atoms with Crippen molar-refractivity contribution in [2.24, 2.45) is 0 Å². The fourth-order valence-electron chi connectivity index (χ4n) is 2.47. The predicted molar refractivity (Wildman–Crippen MR) is 82.1 cm³/mol. The Kier molecular flexibility index (Phi) is 4.28. The minimum atomic E-state index is -3.13. The number of ether oxygens (including phenoxy) is 1. The molecule has 1 aromatic heterocycles.